The van der Waals surface area contributed by atoms with Crippen LogP contribution in [0.5, 0.6) is 0 Å². The highest BCUT2D eigenvalue weighted by atomic mass is 16.5. The smallest absolute Gasteiger partial charge is 0.305 e. The van der Waals surface area contributed by atoms with E-state index in [2.05, 4.69) is 26.1 Å². The largest absolute Gasteiger partial charge is 0.465 e. The van der Waals surface area contributed by atoms with Crippen LogP contribution in [-0.4, -0.2) is 54.2 Å². The highest BCUT2D eigenvalue weighted by Gasteiger charge is 2.38. The van der Waals surface area contributed by atoms with Crippen molar-refractivity contribution in [3.05, 3.63) is 0 Å². The van der Waals surface area contributed by atoms with Crippen LogP contribution in [0.2, 0.25) is 0 Å². The molecule has 0 saturated heterocycles. The SMILES string of the molecule is CCC(C)(C)CCC(=O)OCC(C)(C)CC(C(=O)CC(C)(C)CC(C)(C)CO)C(=O)NCCO. The van der Waals surface area contributed by atoms with Crippen LogP contribution in [0, 0.1) is 27.6 Å². The quantitative estimate of drug-likeness (QED) is 0.209. The van der Waals surface area contributed by atoms with Gasteiger partial charge in [-0.1, -0.05) is 68.7 Å². The summed E-state index contributed by atoms with van der Waals surface area (Å²) in [6.45, 7) is 17.9. The maximum absolute atomic E-state index is 13.3. The van der Waals surface area contributed by atoms with Gasteiger partial charge >= 0.3 is 5.97 Å². The molecule has 1 unspecified atom stereocenters. The number of Topliss-reactive ketones (excluding diaryl/α,β-unsaturated/α-hetero) is 1. The number of esters is 1. The van der Waals surface area contributed by atoms with Crippen LogP contribution in [0.1, 0.15) is 101 Å². The molecule has 7 heteroatoms. The van der Waals surface area contributed by atoms with E-state index in [-0.39, 0.29) is 61.8 Å². The van der Waals surface area contributed by atoms with E-state index in [1.807, 2.05) is 41.5 Å². The van der Waals surface area contributed by atoms with Crippen LogP contribution in [0.4, 0.5) is 0 Å². The molecule has 7 nitrogen and oxygen atoms in total. The summed E-state index contributed by atoms with van der Waals surface area (Å²) in [5.41, 5.74) is -1.24. The van der Waals surface area contributed by atoms with Crippen LogP contribution >= 0.6 is 0 Å². The number of aliphatic hydroxyl groups excluding tert-OH is 2. The average Bonchev–Trinajstić information content (AvgIpc) is 2.71. The Morgan fingerprint density at radius 3 is 1.97 bits per heavy atom. The van der Waals surface area contributed by atoms with E-state index in [0.29, 0.717) is 12.8 Å². The van der Waals surface area contributed by atoms with Crippen molar-refractivity contribution < 1.29 is 29.3 Å². The molecule has 1 amide bonds. The molecule has 0 saturated carbocycles. The molecular weight excluding hydrogens is 434 g/mol. The molecule has 0 rings (SSSR count). The lowest BCUT2D eigenvalue weighted by Gasteiger charge is -2.35. The fourth-order valence-electron chi connectivity index (χ4n) is 4.24. The van der Waals surface area contributed by atoms with E-state index < -0.39 is 22.7 Å². The molecule has 0 aliphatic carbocycles. The second-order valence-corrected chi connectivity index (χ2v) is 12.9. The Kier molecular flexibility index (Phi) is 13.0. The Morgan fingerprint density at radius 1 is 0.882 bits per heavy atom. The topological polar surface area (TPSA) is 113 Å². The number of rotatable bonds is 17. The van der Waals surface area contributed by atoms with Gasteiger partial charge in [-0.2, -0.15) is 0 Å². The molecule has 0 aliphatic heterocycles. The zero-order valence-corrected chi connectivity index (χ0v) is 23.2. The average molecular weight is 486 g/mol. The van der Waals surface area contributed by atoms with Crippen molar-refractivity contribution in [2.75, 3.05) is 26.4 Å². The van der Waals surface area contributed by atoms with Crippen molar-refractivity contribution in [2.45, 2.75) is 101 Å². The number of carbonyl (C=O) groups excluding carboxylic acids is 3. The molecule has 0 heterocycles. The summed E-state index contributed by atoms with van der Waals surface area (Å²) >= 11 is 0. The first-order chi connectivity index (χ1) is 15.4. The zero-order valence-electron chi connectivity index (χ0n) is 23.2. The van der Waals surface area contributed by atoms with Crippen molar-refractivity contribution in [1.29, 1.82) is 0 Å². The molecule has 3 N–H and O–H groups in total. The van der Waals surface area contributed by atoms with Crippen molar-refractivity contribution in [3.63, 3.8) is 0 Å². The Balaban J connectivity index is 5.30. The monoisotopic (exact) mass is 485 g/mol. The Labute approximate surface area is 207 Å². The van der Waals surface area contributed by atoms with Gasteiger partial charge in [0.2, 0.25) is 5.91 Å². The summed E-state index contributed by atoms with van der Waals surface area (Å²) in [6.07, 6.45) is 3.11. The molecule has 0 aromatic heterocycles. The van der Waals surface area contributed by atoms with E-state index in [4.69, 9.17) is 9.84 Å². The van der Waals surface area contributed by atoms with Gasteiger partial charge in [-0.25, -0.2) is 0 Å². The Bertz CT molecular complexity index is 666. The molecule has 200 valence electrons. The number of amides is 1. The fraction of sp³-hybridized carbons (Fsp3) is 0.889. The first-order valence-electron chi connectivity index (χ1n) is 12.6. The number of ketones is 1. The maximum Gasteiger partial charge on any atom is 0.305 e. The molecule has 0 aliphatic rings. The predicted molar refractivity (Wildman–Crippen MR) is 135 cm³/mol. The molecule has 1 atom stereocenters. The van der Waals surface area contributed by atoms with Crippen LogP contribution < -0.4 is 5.32 Å². The summed E-state index contributed by atoms with van der Waals surface area (Å²) in [6, 6.07) is 0. The summed E-state index contributed by atoms with van der Waals surface area (Å²) in [5.74, 6) is -1.77. The minimum atomic E-state index is -0.907. The minimum absolute atomic E-state index is 0.0128. The maximum atomic E-state index is 13.3. The molecule has 0 bridgehead atoms. The lowest BCUT2D eigenvalue weighted by Crippen LogP contribution is -2.41. The third kappa shape index (κ3) is 13.4. The van der Waals surface area contributed by atoms with Crippen LogP contribution in [-0.2, 0) is 19.1 Å². The number of ether oxygens (including phenoxy) is 1. The third-order valence-electron chi connectivity index (χ3n) is 6.50. The van der Waals surface area contributed by atoms with Gasteiger partial charge in [0.05, 0.1) is 19.1 Å². The highest BCUT2D eigenvalue weighted by molar-refractivity contribution is 6.01. The van der Waals surface area contributed by atoms with Gasteiger partial charge < -0.3 is 20.3 Å². The second-order valence-electron chi connectivity index (χ2n) is 12.9. The molecule has 0 spiro atoms. The van der Waals surface area contributed by atoms with E-state index in [0.717, 1.165) is 12.8 Å². The van der Waals surface area contributed by atoms with E-state index >= 15 is 0 Å². The van der Waals surface area contributed by atoms with Crippen LogP contribution in [0.15, 0.2) is 0 Å². The first-order valence-corrected chi connectivity index (χ1v) is 12.6. The van der Waals surface area contributed by atoms with Gasteiger partial charge in [-0.3, -0.25) is 14.4 Å². The Hall–Kier alpha value is -1.47. The summed E-state index contributed by atoms with van der Waals surface area (Å²) < 4.78 is 5.52. The van der Waals surface area contributed by atoms with E-state index in [1.165, 1.54) is 0 Å². The van der Waals surface area contributed by atoms with Crippen molar-refractivity contribution >= 4 is 17.7 Å². The van der Waals surface area contributed by atoms with Crippen molar-refractivity contribution in [1.82, 2.24) is 5.32 Å². The normalized spacial score (nSPS) is 14.0. The summed E-state index contributed by atoms with van der Waals surface area (Å²) in [4.78, 5) is 38.4. The molecular formula is C27H51NO6. The van der Waals surface area contributed by atoms with Crippen LogP contribution in [0.25, 0.3) is 0 Å². The molecule has 0 aromatic carbocycles. The van der Waals surface area contributed by atoms with Gasteiger partial charge in [0.15, 0.2) is 0 Å². The number of carbonyl (C=O) groups is 3. The van der Waals surface area contributed by atoms with E-state index in [1.54, 1.807) is 0 Å². The number of nitrogens with one attached hydrogen (secondary N) is 1. The second kappa shape index (κ2) is 13.6. The highest BCUT2D eigenvalue weighted by Crippen LogP contribution is 2.38. The van der Waals surface area contributed by atoms with Crippen LogP contribution in [0.3, 0.4) is 0 Å². The first kappa shape index (κ1) is 32.5. The molecule has 0 fully saturated rings. The lowest BCUT2D eigenvalue weighted by atomic mass is 9.70. The van der Waals surface area contributed by atoms with Crippen molar-refractivity contribution in [2.24, 2.45) is 27.6 Å². The molecule has 34 heavy (non-hydrogen) atoms. The molecule has 0 aromatic rings. The minimum Gasteiger partial charge on any atom is -0.465 e. The van der Waals surface area contributed by atoms with Gasteiger partial charge in [0, 0.05) is 31.4 Å². The van der Waals surface area contributed by atoms with Gasteiger partial charge in [0.1, 0.15) is 5.78 Å². The third-order valence-corrected chi connectivity index (χ3v) is 6.50. The van der Waals surface area contributed by atoms with Gasteiger partial charge in [-0.05, 0) is 35.5 Å². The summed E-state index contributed by atoms with van der Waals surface area (Å²) in [5, 5.41) is 21.4. The predicted octanol–water partition coefficient (Wildman–Crippen LogP) is 4.28. The number of hydrogen-bond acceptors (Lipinski definition) is 6. The number of aliphatic hydroxyl groups is 2. The molecule has 0 radical (unpaired) electrons. The van der Waals surface area contributed by atoms with Crippen molar-refractivity contribution in [3.8, 4) is 0 Å². The van der Waals surface area contributed by atoms with Gasteiger partial charge in [-0.15, -0.1) is 0 Å². The Morgan fingerprint density at radius 2 is 1.47 bits per heavy atom. The standard InChI is InChI=1S/C27H51NO6/c1-10-24(2,3)12-11-22(32)34-19-26(6,7)15-20(23(33)28-13-14-29)21(31)16-25(4,5)17-27(8,9)18-30/h20,29-30H,10-19H2,1-9H3,(H,28,33). The lowest BCUT2D eigenvalue weighted by molar-refractivity contribution is -0.148. The van der Waals surface area contributed by atoms with Gasteiger partial charge in [0.25, 0.3) is 0 Å². The number of hydrogen-bond donors (Lipinski definition) is 3. The zero-order chi connectivity index (χ0) is 26.8. The van der Waals surface area contributed by atoms with E-state index in [9.17, 15) is 19.5 Å². The summed E-state index contributed by atoms with van der Waals surface area (Å²) in [7, 11) is 0. The fourth-order valence-corrected chi connectivity index (χ4v) is 4.24.